The van der Waals surface area contributed by atoms with Gasteiger partial charge in [0.25, 0.3) is 5.91 Å². The Morgan fingerprint density at radius 1 is 1.04 bits per heavy atom. The van der Waals surface area contributed by atoms with Crippen LogP contribution in [0.15, 0.2) is 54.6 Å². The highest BCUT2D eigenvalue weighted by Crippen LogP contribution is 2.20. The Kier molecular flexibility index (Phi) is 4.70. The molecule has 1 N–H and O–H groups in total. The van der Waals surface area contributed by atoms with Crippen LogP contribution in [0.2, 0.25) is 0 Å². The number of carbonyl (C=O) groups is 1. The second-order valence-electron chi connectivity index (χ2n) is 6.36. The highest BCUT2D eigenvalue weighted by atomic mass is 19.1. The molecule has 4 heteroatoms. The van der Waals surface area contributed by atoms with E-state index in [-0.39, 0.29) is 11.7 Å². The summed E-state index contributed by atoms with van der Waals surface area (Å²) in [7, 11) is 0. The van der Waals surface area contributed by atoms with Gasteiger partial charge >= 0.3 is 0 Å². The summed E-state index contributed by atoms with van der Waals surface area (Å²) in [6, 6.07) is 16.1. The monoisotopic (exact) mass is 336 g/mol. The first kappa shape index (κ1) is 17.0. The van der Waals surface area contributed by atoms with Gasteiger partial charge in [0.1, 0.15) is 11.5 Å². The molecule has 0 aliphatic heterocycles. The molecule has 0 unspecified atom stereocenters. The van der Waals surface area contributed by atoms with E-state index in [0.29, 0.717) is 12.2 Å². The Hall–Kier alpha value is -2.88. The van der Waals surface area contributed by atoms with Gasteiger partial charge in [-0.05, 0) is 67.8 Å². The summed E-state index contributed by atoms with van der Waals surface area (Å²) < 4.78 is 15.4. The number of hydrogen-bond donors (Lipinski definition) is 1. The molecule has 0 aliphatic carbocycles. The Labute approximate surface area is 147 Å². The van der Waals surface area contributed by atoms with Gasteiger partial charge in [-0.25, -0.2) is 4.39 Å². The number of carbonyl (C=O) groups excluding carboxylic acids is 1. The molecule has 2 aromatic carbocycles. The van der Waals surface area contributed by atoms with Crippen molar-refractivity contribution in [1.82, 2.24) is 4.57 Å². The summed E-state index contributed by atoms with van der Waals surface area (Å²) in [5, 5.41) is 2.96. The fraction of sp³-hybridized carbons (Fsp3) is 0.190. The van der Waals surface area contributed by atoms with Crippen LogP contribution in [0, 0.1) is 26.6 Å². The van der Waals surface area contributed by atoms with E-state index in [2.05, 4.69) is 5.32 Å². The van der Waals surface area contributed by atoms with Crippen molar-refractivity contribution < 1.29 is 9.18 Å². The molecule has 0 fully saturated rings. The van der Waals surface area contributed by atoms with Crippen LogP contribution in [0.3, 0.4) is 0 Å². The number of halogens is 1. The molecule has 0 saturated carbocycles. The molecular weight excluding hydrogens is 315 g/mol. The molecule has 3 aromatic rings. The van der Waals surface area contributed by atoms with Gasteiger partial charge < -0.3 is 9.88 Å². The molecule has 1 amide bonds. The number of rotatable bonds is 4. The molecule has 1 aromatic heterocycles. The van der Waals surface area contributed by atoms with Crippen LogP contribution in [0.5, 0.6) is 0 Å². The Bertz CT molecular complexity index is 927. The number of benzene rings is 2. The lowest BCUT2D eigenvalue weighted by Gasteiger charge is -2.13. The topological polar surface area (TPSA) is 34.0 Å². The highest BCUT2D eigenvalue weighted by molar-refractivity contribution is 6.04. The molecule has 0 spiro atoms. The van der Waals surface area contributed by atoms with Crippen molar-refractivity contribution in [3.05, 3.63) is 88.5 Å². The molecule has 3 nitrogen and oxygen atoms in total. The molecule has 0 atom stereocenters. The Morgan fingerprint density at radius 2 is 1.80 bits per heavy atom. The van der Waals surface area contributed by atoms with Crippen molar-refractivity contribution in [2.75, 3.05) is 5.32 Å². The third kappa shape index (κ3) is 3.79. The van der Waals surface area contributed by atoms with E-state index in [0.717, 1.165) is 28.1 Å². The summed E-state index contributed by atoms with van der Waals surface area (Å²) in [5.41, 5.74) is 5.14. The third-order valence-corrected chi connectivity index (χ3v) is 4.22. The first-order chi connectivity index (χ1) is 11.9. The smallest absolute Gasteiger partial charge is 0.272 e. The normalized spacial score (nSPS) is 10.7. The van der Waals surface area contributed by atoms with E-state index in [9.17, 15) is 9.18 Å². The zero-order chi connectivity index (χ0) is 18.0. The molecular formula is C21H21FN2O. The van der Waals surface area contributed by atoms with Gasteiger partial charge in [0, 0.05) is 17.9 Å². The molecule has 0 bridgehead atoms. The van der Waals surface area contributed by atoms with E-state index in [4.69, 9.17) is 0 Å². The Morgan fingerprint density at radius 3 is 2.52 bits per heavy atom. The predicted molar refractivity (Wildman–Crippen MR) is 98.5 cm³/mol. The fourth-order valence-corrected chi connectivity index (χ4v) is 3.09. The van der Waals surface area contributed by atoms with Gasteiger partial charge in [-0.15, -0.1) is 0 Å². The van der Waals surface area contributed by atoms with Crippen molar-refractivity contribution in [3.63, 3.8) is 0 Å². The zero-order valence-corrected chi connectivity index (χ0v) is 14.6. The van der Waals surface area contributed by atoms with Crippen LogP contribution < -0.4 is 5.32 Å². The summed E-state index contributed by atoms with van der Waals surface area (Å²) >= 11 is 0. The second-order valence-corrected chi connectivity index (χ2v) is 6.36. The number of anilines is 1. The van der Waals surface area contributed by atoms with Crippen LogP contribution in [0.4, 0.5) is 10.1 Å². The van der Waals surface area contributed by atoms with Crippen LogP contribution in [0.1, 0.15) is 32.9 Å². The van der Waals surface area contributed by atoms with E-state index >= 15 is 0 Å². The van der Waals surface area contributed by atoms with E-state index in [1.165, 1.54) is 12.1 Å². The lowest BCUT2D eigenvalue weighted by atomic mass is 10.2. The van der Waals surface area contributed by atoms with Gasteiger partial charge in [0.2, 0.25) is 0 Å². The summed E-state index contributed by atoms with van der Waals surface area (Å²) in [4.78, 5) is 12.8. The standard InChI is InChI=1S/C21H21FN2O/c1-14-6-4-9-19(10-14)23-21(25)20-15(2)11-16(3)24(20)13-17-7-5-8-18(22)12-17/h4-12H,13H2,1-3H3,(H,23,25). The van der Waals surface area contributed by atoms with E-state index in [1.807, 2.05) is 61.7 Å². The van der Waals surface area contributed by atoms with Crippen LogP contribution in [0.25, 0.3) is 0 Å². The third-order valence-electron chi connectivity index (χ3n) is 4.22. The summed E-state index contributed by atoms with van der Waals surface area (Å²) in [6.45, 7) is 6.31. The van der Waals surface area contributed by atoms with E-state index in [1.54, 1.807) is 6.07 Å². The first-order valence-corrected chi connectivity index (χ1v) is 8.23. The largest absolute Gasteiger partial charge is 0.336 e. The lowest BCUT2D eigenvalue weighted by Crippen LogP contribution is -2.19. The predicted octanol–water partition coefficient (Wildman–Crippen LogP) is 4.85. The second kappa shape index (κ2) is 6.93. The minimum absolute atomic E-state index is 0.160. The fourth-order valence-electron chi connectivity index (χ4n) is 3.09. The van der Waals surface area contributed by atoms with Crippen LogP contribution in [-0.2, 0) is 6.54 Å². The number of amides is 1. The summed E-state index contributed by atoms with van der Waals surface area (Å²) in [5.74, 6) is -0.433. The molecule has 0 radical (unpaired) electrons. The highest BCUT2D eigenvalue weighted by Gasteiger charge is 2.18. The van der Waals surface area contributed by atoms with Crippen LogP contribution >= 0.6 is 0 Å². The van der Waals surface area contributed by atoms with Crippen molar-refractivity contribution in [1.29, 1.82) is 0 Å². The molecule has 0 saturated heterocycles. The molecule has 0 aliphatic rings. The quantitative estimate of drug-likeness (QED) is 0.726. The zero-order valence-electron chi connectivity index (χ0n) is 14.6. The maximum Gasteiger partial charge on any atom is 0.272 e. The van der Waals surface area contributed by atoms with Crippen LogP contribution in [-0.4, -0.2) is 10.5 Å². The maximum atomic E-state index is 13.5. The summed E-state index contributed by atoms with van der Waals surface area (Å²) in [6.07, 6.45) is 0. The van der Waals surface area contributed by atoms with Crippen molar-refractivity contribution in [2.24, 2.45) is 0 Å². The number of nitrogens with zero attached hydrogens (tertiary/aromatic N) is 1. The number of aromatic nitrogens is 1. The Balaban J connectivity index is 1.92. The molecule has 1 heterocycles. The molecule has 25 heavy (non-hydrogen) atoms. The van der Waals surface area contributed by atoms with Gasteiger partial charge in [0.05, 0.1) is 0 Å². The van der Waals surface area contributed by atoms with Crippen molar-refractivity contribution in [2.45, 2.75) is 27.3 Å². The van der Waals surface area contributed by atoms with Gasteiger partial charge in [-0.2, -0.15) is 0 Å². The number of hydrogen-bond acceptors (Lipinski definition) is 1. The molecule has 128 valence electrons. The SMILES string of the molecule is Cc1cccc(NC(=O)c2c(C)cc(C)n2Cc2cccc(F)c2)c1. The van der Waals surface area contributed by atoms with Gasteiger partial charge in [-0.3, -0.25) is 4.79 Å². The number of nitrogens with one attached hydrogen (secondary N) is 1. The number of aryl methyl sites for hydroxylation is 3. The first-order valence-electron chi connectivity index (χ1n) is 8.23. The lowest BCUT2D eigenvalue weighted by molar-refractivity contribution is 0.101. The van der Waals surface area contributed by atoms with Gasteiger partial charge in [0.15, 0.2) is 0 Å². The van der Waals surface area contributed by atoms with Gasteiger partial charge in [-0.1, -0.05) is 24.3 Å². The van der Waals surface area contributed by atoms with Crippen molar-refractivity contribution in [3.8, 4) is 0 Å². The van der Waals surface area contributed by atoms with Crippen molar-refractivity contribution >= 4 is 11.6 Å². The molecule has 3 rings (SSSR count). The minimum atomic E-state index is -0.273. The minimum Gasteiger partial charge on any atom is -0.336 e. The average Bonchev–Trinajstić information content (AvgIpc) is 2.81. The average molecular weight is 336 g/mol. The van der Waals surface area contributed by atoms with E-state index < -0.39 is 0 Å². The maximum absolute atomic E-state index is 13.5.